The van der Waals surface area contributed by atoms with Crippen molar-refractivity contribution in [2.45, 2.75) is 46.6 Å². The Kier molecular flexibility index (Phi) is 5.56. The van der Waals surface area contributed by atoms with Crippen molar-refractivity contribution >= 4 is 34.6 Å². The summed E-state index contributed by atoms with van der Waals surface area (Å²) in [5.74, 6) is 0.165. The zero-order valence-corrected chi connectivity index (χ0v) is 16.2. The van der Waals surface area contributed by atoms with Gasteiger partial charge in [-0.3, -0.25) is 4.79 Å². The second kappa shape index (κ2) is 7.86. The van der Waals surface area contributed by atoms with Gasteiger partial charge in [-0.2, -0.15) is 0 Å². The van der Waals surface area contributed by atoms with Crippen LogP contribution in [0.4, 0.5) is 16.2 Å². The molecule has 1 aromatic carbocycles. The van der Waals surface area contributed by atoms with E-state index < -0.39 is 0 Å². The number of hydrogen-bond acceptors (Lipinski definition) is 4. The molecule has 7 heteroatoms. The number of hydrogen-bond donors (Lipinski definition) is 2. The van der Waals surface area contributed by atoms with E-state index >= 15 is 0 Å². The molecule has 6 nitrogen and oxygen atoms in total. The van der Waals surface area contributed by atoms with Gasteiger partial charge in [0.05, 0.1) is 17.2 Å². The number of carbonyl (C=O) groups excluding carboxylic acids is 2. The molecule has 2 aromatic rings. The summed E-state index contributed by atoms with van der Waals surface area (Å²) in [6.45, 7) is 7.23. The highest BCUT2D eigenvalue weighted by atomic mass is 32.1. The molecule has 26 heavy (non-hydrogen) atoms. The Hall–Kier alpha value is -2.41. The standard InChI is InChI=1S/C19H24N4O2S/c1-4-15-17(26-13(3)21-15)11-20-19(25)22-14-7-8-16(12(2)10-14)23-9-5-6-18(23)24/h7-8,10H,4-6,9,11H2,1-3H3,(H2,20,22,25). The van der Waals surface area contributed by atoms with Crippen LogP contribution in [0.3, 0.4) is 0 Å². The number of anilines is 2. The Bertz CT molecular complexity index is 831. The lowest BCUT2D eigenvalue weighted by molar-refractivity contribution is -0.117. The normalized spacial score (nSPS) is 14.0. The van der Waals surface area contributed by atoms with E-state index in [0.29, 0.717) is 18.7 Å². The van der Waals surface area contributed by atoms with Crippen LogP contribution < -0.4 is 15.5 Å². The van der Waals surface area contributed by atoms with Gasteiger partial charge in [0.2, 0.25) is 5.91 Å². The van der Waals surface area contributed by atoms with Crippen molar-refractivity contribution in [3.8, 4) is 0 Å². The van der Waals surface area contributed by atoms with E-state index in [0.717, 1.165) is 46.2 Å². The maximum absolute atomic E-state index is 12.2. The van der Waals surface area contributed by atoms with Crippen LogP contribution >= 0.6 is 11.3 Å². The molecular formula is C19H24N4O2S. The number of rotatable bonds is 5. The Morgan fingerprint density at radius 1 is 1.35 bits per heavy atom. The minimum absolute atomic E-state index is 0.165. The van der Waals surface area contributed by atoms with E-state index in [1.807, 2.05) is 36.9 Å². The van der Waals surface area contributed by atoms with Crippen molar-refractivity contribution in [2.24, 2.45) is 0 Å². The average molecular weight is 372 g/mol. The average Bonchev–Trinajstić information content (AvgIpc) is 3.18. The van der Waals surface area contributed by atoms with Crippen LogP contribution in [0.5, 0.6) is 0 Å². The summed E-state index contributed by atoms with van der Waals surface area (Å²) in [6, 6.07) is 5.38. The molecule has 0 bridgehead atoms. The predicted octanol–water partition coefficient (Wildman–Crippen LogP) is 3.77. The molecule has 1 saturated heterocycles. The second-order valence-corrected chi connectivity index (χ2v) is 7.70. The number of aromatic nitrogens is 1. The van der Waals surface area contributed by atoms with Crippen LogP contribution in [0, 0.1) is 13.8 Å². The fraction of sp³-hybridized carbons (Fsp3) is 0.421. The summed E-state index contributed by atoms with van der Waals surface area (Å²) in [4.78, 5) is 31.5. The third-order valence-corrected chi connectivity index (χ3v) is 5.46. The van der Waals surface area contributed by atoms with Crippen LogP contribution in [-0.4, -0.2) is 23.5 Å². The molecule has 0 spiro atoms. The van der Waals surface area contributed by atoms with Crippen molar-refractivity contribution in [1.82, 2.24) is 10.3 Å². The quantitative estimate of drug-likeness (QED) is 0.839. The Morgan fingerprint density at radius 2 is 2.15 bits per heavy atom. The number of thiazole rings is 1. The molecule has 138 valence electrons. The predicted molar refractivity (Wildman–Crippen MR) is 105 cm³/mol. The Labute approximate surface area is 157 Å². The fourth-order valence-corrected chi connectivity index (χ4v) is 4.17. The molecule has 0 radical (unpaired) electrons. The van der Waals surface area contributed by atoms with Gasteiger partial charge in [-0.15, -0.1) is 11.3 Å². The Balaban J connectivity index is 1.60. The fourth-order valence-electron chi connectivity index (χ4n) is 3.20. The van der Waals surface area contributed by atoms with Crippen LogP contribution in [0.15, 0.2) is 18.2 Å². The zero-order valence-electron chi connectivity index (χ0n) is 15.4. The third-order valence-electron chi connectivity index (χ3n) is 4.45. The third kappa shape index (κ3) is 4.04. The van der Waals surface area contributed by atoms with Gasteiger partial charge in [0.1, 0.15) is 0 Å². The molecule has 0 aliphatic carbocycles. The first-order valence-electron chi connectivity index (χ1n) is 8.89. The maximum Gasteiger partial charge on any atom is 0.319 e. The van der Waals surface area contributed by atoms with Crippen molar-refractivity contribution in [3.05, 3.63) is 39.3 Å². The van der Waals surface area contributed by atoms with Crippen molar-refractivity contribution in [2.75, 3.05) is 16.8 Å². The molecule has 0 saturated carbocycles. The first kappa shape index (κ1) is 18.4. The number of urea groups is 1. The number of nitrogens with one attached hydrogen (secondary N) is 2. The molecule has 0 unspecified atom stereocenters. The number of carbonyl (C=O) groups is 2. The minimum Gasteiger partial charge on any atom is -0.333 e. The second-order valence-electron chi connectivity index (χ2n) is 6.41. The lowest BCUT2D eigenvalue weighted by Gasteiger charge is -2.19. The van der Waals surface area contributed by atoms with E-state index in [4.69, 9.17) is 0 Å². The van der Waals surface area contributed by atoms with Gasteiger partial charge in [-0.25, -0.2) is 9.78 Å². The lowest BCUT2D eigenvalue weighted by Crippen LogP contribution is -2.28. The lowest BCUT2D eigenvalue weighted by atomic mass is 10.1. The topological polar surface area (TPSA) is 74.3 Å². The number of nitrogens with zero attached hydrogens (tertiary/aromatic N) is 2. The molecule has 2 heterocycles. The largest absolute Gasteiger partial charge is 0.333 e. The molecule has 1 aliphatic rings. The summed E-state index contributed by atoms with van der Waals surface area (Å²) in [6.07, 6.45) is 2.37. The first-order chi connectivity index (χ1) is 12.5. The van der Waals surface area contributed by atoms with Crippen molar-refractivity contribution < 1.29 is 9.59 Å². The molecular weight excluding hydrogens is 348 g/mol. The van der Waals surface area contributed by atoms with E-state index in [1.165, 1.54) is 0 Å². The first-order valence-corrected chi connectivity index (χ1v) is 9.70. The van der Waals surface area contributed by atoms with Gasteiger partial charge in [-0.05, 0) is 50.5 Å². The molecule has 0 atom stereocenters. The van der Waals surface area contributed by atoms with Gasteiger partial charge in [0.25, 0.3) is 0 Å². The van der Waals surface area contributed by atoms with Crippen LogP contribution in [0.1, 0.15) is 40.9 Å². The van der Waals surface area contributed by atoms with Gasteiger partial charge in [0, 0.05) is 29.2 Å². The van der Waals surface area contributed by atoms with Gasteiger partial charge in [0.15, 0.2) is 0 Å². The van der Waals surface area contributed by atoms with Crippen LogP contribution in [-0.2, 0) is 17.8 Å². The van der Waals surface area contributed by atoms with E-state index in [9.17, 15) is 9.59 Å². The highest BCUT2D eigenvalue weighted by Gasteiger charge is 2.23. The summed E-state index contributed by atoms with van der Waals surface area (Å²) in [5.41, 5.74) is 3.66. The molecule has 1 fully saturated rings. The van der Waals surface area contributed by atoms with E-state index in [-0.39, 0.29) is 11.9 Å². The molecule has 1 aromatic heterocycles. The zero-order chi connectivity index (χ0) is 18.7. The molecule has 3 amide bonds. The van der Waals surface area contributed by atoms with Gasteiger partial charge >= 0.3 is 6.03 Å². The van der Waals surface area contributed by atoms with E-state index in [1.54, 1.807) is 11.3 Å². The highest BCUT2D eigenvalue weighted by Crippen LogP contribution is 2.27. The maximum atomic E-state index is 12.2. The van der Waals surface area contributed by atoms with Crippen LogP contribution in [0.2, 0.25) is 0 Å². The minimum atomic E-state index is -0.248. The molecule has 3 rings (SSSR count). The summed E-state index contributed by atoms with van der Waals surface area (Å²) in [5, 5.41) is 6.76. The monoisotopic (exact) mass is 372 g/mol. The Morgan fingerprint density at radius 3 is 2.81 bits per heavy atom. The van der Waals surface area contributed by atoms with Crippen molar-refractivity contribution in [3.63, 3.8) is 0 Å². The molecule has 2 N–H and O–H groups in total. The summed E-state index contributed by atoms with van der Waals surface area (Å²) < 4.78 is 0. The number of benzene rings is 1. The SMILES string of the molecule is CCc1nc(C)sc1CNC(=O)Nc1ccc(N2CCCC2=O)c(C)c1. The summed E-state index contributed by atoms with van der Waals surface area (Å²) in [7, 11) is 0. The van der Waals surface area contributed by atoms with Crippen LogP contribution in [0.25, 0.3) is 0 Å². The van der Waals surface area contributed by atoms with Crippen molar-refractivity contribution in [1.29, 1.82) is 0 Å². The molecule has 1 aliphatic heterocycles. The highest BCUT2D eigenvalue weighted by molar-refractivity contribution is 7.11. The van der Waals surface area contributed by atoms with Gasteiger partial charge < -0.3 is 15.5 Å². The summed E-state index contributed by atoms with van der Waals surface area (Å²) >= 11 is 1.61. The number of amides is 3. The number of aryl methyl sites for hydroxylation is 3. The smallest absolute Gasteiger partial charge is 0.319 e. The van der Waals surface area contributed by atoms with E-state index in [2.05, 4.69) is 22.5 Å². The van der Waals surface area contributed by atoms with Gasteiger partial charge in [-0.1, -0.05) is 6.92 Å².